The molecule has 2 aromatic heterocycles. The number of carbonyl (C=O) groups is 1. The minimum Gasteiger partial charge on any atom is -0.436 e. The van der Waals surface area contributed by atoms with Gasteiger partial charge >= 0.3 is 12.4 Å². The summed E-state index contributed by atoms with van der Waals surface area (Å²) in [6, 6.07) is 14.6. The molecule has 212 valence electrons. The van der Waals surface area contributed by atoms with Gasteiger partial charge < -0.3 is 20.3 Å². The maximum absolute atomic E-state index is 13.3. The highest BCUT2D eigenvalue weighted by Gasteiger charge is 2.32. The minimum absolute atomic E-state index is 0.0144. The number of fused-ring (bicyclic) bond motifs is 2. The smallest absolute Gasteiger partial charge is 0.416 e. The molecule has 4 N–H and O–H groups in total. The average Bonchev–Trinajstić information content (AvgIpc) is 3.54. The highest BCUT2D eigenvalue weighted by Crippen LogP contribution is 2.36. The zero-order valence-electron chi connectivity index (χ0n) is 21.0. The van der Waals surface area contributed by atoms with Gasteiger partial charge in [0.1, 0.15) is 11.0 Å². The van der Waals surface area contributed by atoms with Crippen molar-refractivity contribution in [2.45, 2.75) is 12.4 Å². The molecule has 0 fully saturated rings. The summed E-state index contributed by atoms with van der Waals surface area (Å²) in [4.78, 5) is 21.7. The van der Waals surface area contributed by atoms with Crippen molar-refractivity contribution in [2.75, 3.05) is 11.5 Å². The number of oxazole rings is 2. The fourth-order valence-electron chi connectivity index (χ4n) is 4.42. The molecule has 0 spiro atoms. The molecule has 0 bridgehead atoms. The van der Waals surface area contributed by atoms with Crippen LogP contribution < -0.4 is 11.5 Å². The fourth-order valence-corrected chi connectivity index (χ4v) is 4.42. The fraction of sp³-hybridized carbons (Fsp3) is 0.0690. The zero-order valence-corrected chi connectivity index (χ0v) is 21.0. The second kappa shape index (κ2) is 9.36. The summed E-state index contributed by atoms with van der Waals surface area (Å²) in [5.41, 5.74) is 10.4. The van der Waals surface area contributed by atoms with Gasteiger partial charge in [-0.15, -0.1) is 0 Å². The molecule has 0 unspecified atom stereocenters. The second-order valence-electron chi connectivity index (χ2n) is 9.42. The van der Waals surface area contributed by atoms with Crippen molar-refractivity contribution in [3.63, 3.8) is 0 Å². The SMILES string of the molecule is Nc1cc(-c2nc3ccc(C(=O)c4ccc5nc(-c6cc(N)cc(C(F)(F)F)c6)oc5c4)cc3o2)cc(C(F)(F)F)c1. The van der Waals surface area contributed by atoms with E-state index < -0.39 is 29.3 Å². The van der Waals surface area contributed by atoms with E-state index in [1.807, 2.05) is 0 Å². The van der Waals surface area contributed by atoms with Gasteiger partial charge in [0.05, 0.1) is 11.1 Å². The predicted octanol–water partition coefficient (Wildman–Crippen LogP) is 7.74. The summed E-state index contributed by atoms with van der Waals surface area (Å²) in [7, 11) is 0. The van der Waals surface area contributed by atoms with Crippen LogP contribution in [-0.4, -0.2) is 15.8 Å². The Kier molecular flexibility index (Phi) is 5.99. The van der Waals surface area contributed by atoms with E-state index in [4.69, 9.17) is 20.3 Å². The van der Waals surface area contributed by atoms with Crippen LogP contribution in [0.5, 0.6) is 0 Å². The van der Waals surface area contributed by atoms with Gasteiger partial charge in [0.25, 0.3) is 0 Å². The van der Waals surface area contributed by atoms with Crippen LogP contribution in [0.3, 0.4) is 0 Å². The van der Waals surface area contributed by atoms with Gasteiger partial charge in [0.2, 0.25) is 11.8 Å². The molecular formula is C29H16F6N4O3. The van der Waals surface area contributed by atoms with Gasteiger partial charge in [0.15, 0.2) is 16.9 Å². The number of aromatic nitrogens is 2. The van der Waals surface area contributed by atoms with Crippen molar-refractivity contribution < 1.29 is 40.0 Å². The number of nitrogens with two attached hydrogens (primary N) is 2. The summed E-state index contributed by atoms with van der Waals surface area (Å²) in [5.74, 6) is -0.683. The van der Waals surface area contributed by atoms with Crippen LogP contribution in [0.15, 0.2) is 81.6 Å². The molecule has 2 heterocycles. The standard InChI is InChI=1S/C29H16F6N4O3/c30-28(31,32)17-5-15(7-19(36)11-17)26-38-21-3-1-13(9-23(21)41-26)25(40)14-2-4-22-24(10-14)42-27(39-22)16-6-18(29(33,34)35)12-20(37)8-16/h1-12H,36-37H2. The maximum atomic E-state index is 13.3. The number of ketones is 1. The van der Waals surface area contributed by atoms with Crippen LogP contribution in [-0.2, 0) is 12.4 Å². The lowest BCUT2D eigenvalue weighted by molar-refractivity contribution is -0.138. The van der Waals surface area contributed by atoms with Gasteiger partial charge in [-0.2, -0.15) is 26.3 Å². The van der Waals surface area contributed by atoms with Crippen LogP contribution in [0.2, 0.25) is 0 Å². The molecular weight excluding hydrogens is 566 g/mol. The Morgan fingerprint density at radius 3 is 1.38 bits per heavy atom. The number of nitrogens with zero attached hydrogens (tertiary/aromatic N) is 2. The van der Waals surface area contributed by atoms with Crippen molar-refractivity contribution in [1.82, 2.24) is 9.97 Å². The maximum Gasteiger partial charge on any atom is 0.416 e. The Morgan fingerprint density at radius 1 is 0.595 bits per heavy atom. The lowest BCUT2D eigenvalue weighted by Gasteiger charge is -2.08. The number of rotatable bonds is 4. The van der Waals surface area contributed by atoms with Gasteiger partial charge in [-0.05, 0) is 72.8 Å². The summed E-state index contributed by atoms with van der Waals surface area (Å²) in [6.07, 6.45) is -9.25. The molecule has 42 heavy (non-hydrogen) atoms. The zero-order chi connectivity index (χ0) is 30.0. The molecule has 4 aromatic carbocycles. The first-order valence-corrected chi connectivity index (χ1v) is 12.1. The predicted molar refractivity (Wildman–Crippen MR) is 141 cm³/mol. The van der Waals surface area contributed by atoms with Crippen LogP contribution in [0.25, 0.3) is 45.1 Å². The molecule has 0 amide bonds. The number of carbonyl (C=O) groups excluding carboxylic acids is 1. The number of anilines is 2. The molecule has 0 aliphatic carbocycles. The quantitative estimate of drug-likeness (QED) is 0.124. The van der Waals surface area contributed by atoms with Crippen molar-refractivity contribution in [3.05, 3.63) is 95.1 Å². The highest BCUT2D eigenvalue weighted by atomic mass is 19.4. The number of halogens is 6. The Balaban J connectivity index is 1.32. The number of hydrogen-bond acceptors (Lipinski definition) is 7. The average molecular weight is 582 g/mol. The number of nitrogen functional groups attached to an aromatic ring is 2. The number of benzene rings is 4. The third kappa shape index (κ3) is 5.00. The highest BCUT2D eigenvalue weighted by molar-refractivity contribution is 6.11. The molecule has 0 saturated heterocycles. The van der Waals surface area contributed by atoms with E-state index in [-0.39, 0.29) is 56.6 Å². The van der Waals surface area contributed by atoms with E-state index in [0.29, 0.717) is 11.0 Å². The first-order valence-electron chi connectivity index (χ1n) is 12.1. The third-order valence-corrected chi connectivity index (χ3v) is 6.36. The molecule has 6 rings (SSSR count). The van der Waals surface area contributed by atoms with Crippen LogP contribution in [0.4, 0.5) is 37.7 Å². The van der Waals surface area contributed by atoms with E-state index in [1.165, 1.54) is 48.5 Å². The number of alkyl halides is 6. The van der Waals surface area contributed by atoms with Gasteiger partial charge in [-0.25, -0.2) is 9.97 Å². The van der Waals surface area contributed by atoms with E-state index >= 15 is 0 Å². The van der Waals surface area contributed by atoms with Gasteiger partial charge in [-0.3, -0.25) is 4.79 Å². The van der Waals surface area contributed by atoms with Gasteiger partial charge in [-0.1, -0.05) is 0 Å². The van der Waals surface area contributed by atoms with Crippen LogP contribution in [0, 0.1) is 0 Å². The molecule has 0 aliphatic rings. The summed E-state index contributed by atoms with van der Waals surface area (Å²) < 4.78 is 90.7. The van der Waals surface area contributed by atoms with Crippen LogP contribution in [0.1, 0.15) is 27.0 Å². The molecule has 6 aromatic rings. The molecule has 0 aliphatic heterocycles. The largest absolute Gasteiger partial charge is 0.436 e. The van der Waals surface area contributed by atoms with Crippen molar-refractivity contribution in [2.24, 2.45) is 0 Å². The molecule has 0 radical (unpaired) electrons. The van der Waals surface area contributed by atoms with E-state index in [1.54, 1.807) is 0 Å². The first-order chi connectivity index (χ1) is 19.7. The monoisotopic (exact) mass is 582 g/mol. The topological polar surface area (TPSA) is 121 Å². The van der Waals surface area contributed by atoms with E-state index in [9.17, 15) is 31.1 Å². The van der Waals surface area contributed by atoms with E-state index in [2.05, 4.69) is 9.97 Å². The van der Waals surface area contributed by atoms with Crippen molar-refractivity contribution in [1.29, 1.82) is 0 Å². The Hall–Kier alpha value is -5.33. The first kappa shape index (κ1) is 26.9. The lowest BCUT2D eigenvalue weighted by atomic mass is 10.0. The lowest BCUT2D eigenvalue weighted by Crippen LogP contribution is -2.06. The second-order valence-corrected chi connectivity index (χ2v) is 9.42. The minimum atomic E-state index is -4.62. The third-order valence-electron chi connectivity index (χ3n) is 6.36. The normalized spacial score (nSPS) is 12.3. The van der Waals surface area contributed by atoms with Gasteiger partial charge in [0, 0.05) is 33.6 Å². The van der Waals surface area contributed by atoms with Crippen molar-refractivity contribution in [3.8, 4) is 22.9 Å². The van der Waals surface area contributed by atoms with Crippen molar-refractivity contribution >= 4 is 39.4 Å². The Bertz CT molecular complexity index is 1880. The summed E-state index contributed by atoms with van der Waals surface area (Å²) in [6.45, 7) is 0. The summed E-state index contributed by atoms with van der Waals surface area (Å²) in [5, 5.41) is 0. The van der Waals surface area contributed by atoms with E-state index in [0.717, 1.165) is 24.3 Å². The Morgan fingerprint density at radius 2 is 1.00 bits per heavy atom. The number of hydrogen-bond donors (Lipinski definition) is 2. The summed E-state index contributed by atoms with van der Waals surface area (Å²) >= 11 is 0. The van der Waals surface area contributed by atoms with Crippen LogP contribution >= 0.6 is 0 Å². The molecule has 0 saturated carbocycles. The molecule has 7 nitrogen and oxygen atoms in total. The molecule has 13 heteroatoms. The Labute approximate surface area is 231 Å². The molecule has 0 atom stereocenters.